The molecule has 0 saturated carbocycles. The van der Waals surface area contributed by atoms with Gasteiger partial charge in [0.25, 0.3) is 0 Å². The molecule has 1 heterocycles. The van der Waals surface area contributed by atoms with Crippen molar-refractivity contribution in [3.63, 3.8) is 0 Å². The Labute approximate surface area is 126 Å². The number of methoxy groups -OCH3 is 1. The first-order valence-electron chi connectivity index (χ1n) is 6.23. The van der Waals surface area contributed by atoms with Gasteiger partial charge in [0.05, 0.1) is 19.0 Å². The van der Waals surface area contributed by atoms with Crippen molar-refractivity contribution in [1.82, 2.24) is 4.98 Å². The lowest BCUT2D eigenvalue weighted by Gasteiger charge is -2.17. The van der Waals surface area contributed by atoms with Crippen LogP contribution in [0.3, 0.4) is 0 Å². The highest BCUT2D eigenvalue weighted by molar-refractivity contribution is 9.10. The molecule has 1 unspecified atom stereocenters. The van der Waals surface area contributed by atoms with Crippen LogP contribution in [0.4, 0.5) is 10.1 Å². The molecular weight excluding hydrogens is 323 g/mol. The molecule has 0 aliphatic rings. The number of aromatic nitrogens is 1. The van der Waals surface area contributed by atoms with E-state index >= 15 is 0 Å². The van der Waals surface area contributed by atoms with E-state index in [-0.39, 0.29) is 17.6 Å². The van der Waals surface area contributed by atoms with Gasteiger partial charge >= 0.3 is 0 Å². The smallest absolute Gasteiger partial charge is 0.165 e. The Morgan fingerprint density at radius 1 is 1.35 bits per heavy atom. The molecule has 0 aliphatic carbocycles. The van der Waals surface area contributed by atoms with Crippen LogP contribution < -0.4 is 10.1 Å². The van der Waals surface area contributed by atoms with E-state index in [0.717, 1.165) is 21.4 Å². The van der Waals surface area contributed by atoms with E-state index in [0.29, 0.717) is 0 Å². The maximum absolute atomic E-state index is 13.4. The number of hydrogen-bond acceptors (Lipinski definition) is 3. The van der Waals surface area contributed by atoms with Crippen LogP contribution in [0.5, 0.6) is 5.75 Å². The van der Waals surface area contributed by atoms with Crippen molar-refractivity contribution in [3.05, 3.63) is 52.0 Å². The molecule has 0 saturated heterocycles. The summed E-state index contributed by atoms with van der Waals surface area (Å²) < 4.78 is 19.2. The van der Waals surface area contributed by atoms with Crippen LogP contribution >= 0.6 is 15.9 Å². The summed E-state index contributed by atoms with van der Waals surface area (Å²) in [5, 5.41) is 3.34. The monoisotopic (exact) mass is 338 g/mol. The number of aryl methyl sites for hydroxylation is 1. The predicted octanol–water partition coefficient (Wildman–Crippen LogP) is 4.47. The van der Waals surface area contributed by atoms with E-state index in [9.17, 15) is 4.39 Å². The third-order valence-corrected chi connectivity index (χ3v) is 3.90. The minimum Gasteiger partial charge on any atom is -0.494 e. The lowest BCUT2D eigenvalue weighted by molar-refractivity contribution is 0.385. The molecule has 0 fully saturated rings. The zero-order chi connectivity index (χ0) is 14.7. The van der Waals surface area contributed by atoms with Gasteiger partial charge in [-0.1, -0.05) is 6.07 Å². The average Bonchev–Trinajstić information content (AvgIpc) is 2.43. The highest BCUT2D eigenvalue weighted by Crippen LogP contribution is 2.26. The van der Waals surface area contributed by atoms with Gasteiger partial charge in [0.15, 0.2) is 11.6 Å². The van der Waals surface area contributed by atoms with Crippen molar-refractivity contribution in [2.75, 3.05) is 12.4 Å². The predicted molar refractivity (Wildman–Crippen MR) is 81.7 cm³/mol. The normalized spacial score (nSPS) is 12.1. The van der Waals surface area contributed by atoms with E-state index in [4.69, 9.17) is 4.74 Å². The van der Waals surface area contributed by atoms with Gasteiger partial charge < -0.3 is 10.1 Å². The number of rotatable bonds is 4. The van der Waals surface area contributed by atoms with Crippen molar-refractivity contribution in [2.24, 2.45) is 0 Å². The highest BCUT2D eigenvalue weighted by Gasteiger charge is 2.10. The van der Waals surface area contributed by atoms with E-state index in [1.807, 2.05) is 19.9 Å². The van der Waals surface area contributed by atoms with Crippen LogP contribution in [0.15, 0.2) is 35.1 Å². The van der Waals surface area contributed by atoms with Gasteiger partial charge in [-0.05, 0) is 59.1 Å². The summed E-state index contributed by atoms with van der Waals surface area (Å²) >= 11 is 3.37. The standard InChI is InChI=1S/C15H16BrFN2O/c1-9-6-12(8-18-15(9)16)19-10(2)11-4-5-13(17)14(7-11)20-3/h4-8,10,19H,1-3H3. The molecule has 3 nitrogen and oxygen atoms in total. The molecule has 2 aromatic rings. The zero-order valence-electron chi connectivity index (χ0n) is 11.6. The first-order valence-corrected chi connectivity index (χ1v) is 7.02. The zero-order valence-corrected chi connectivity index (χ0v) is 13.2. The second-order valence-corrected chi connectivity index (χ2v) is 5.34. The fourth-order valence-electron chi connectivity index (χ4n) is 1.92. The van der Waals surface area contributed by atoms with Gasteiger partial charge in [-0.15, -0.1) is 0 Å². The summed E-state index contributed by atoms with van der Waals surface area (Å²) in [5.74, 6) is -0.106. The van der Waals surface area contributed by atoms with Crippen molar-refractivity contribution >= 4 is 21.6 Å². The number of ether oxygens (including phenoxy) is 1. The molecule has 0 amide bonds. The van der Waals surface area contributed by atoms with Gasteiger partial charge in [0.2, 0.25) is 0 Å². The number of halogens is 2. The summed E-state index contributed by atoms with van der Waals surface area (Å²) in [7, 11) is 1.46. The molecule has 106 valence electrons. The van der Waals surface area contributed by atoms with E-state index in [2.05, 4.69) is 26.2 Å². The van der Waals surface area contributed by atoms with Gasteiger partial charge in [-0.2, -0.15) is 0 Å². The first kappa shape index (κ1) is 14.8. The van der Waals surface area contributed by atoms with Crippen molar-refractivity contribution < 1.29 is 9.13 Å². The van der Waals surface area contributed by atoms with Crippen molar-refractivity contribution in [2.45, 2.75) is 19.9 Å². The third-order valence-electron chi connectivity index (χ3n) is 3.07. The van der Waals surface area contributed by atoms with Crippen LogP contribution in [0.2, 0.25) is 0 Å². The molecule has 5 heteroatoms. The summed E-state index contributed by atoms with van der Waals surface area (Å²) in [6.07, 6.45) is 1.76. The molecule has 0 aliphatic heterocycles. The number of nitrogens with one attached hydrogen (secondary N) is 1. The van der Waals surface area contributed by atoms with Crippen molar-refractivity contribution in [1.29, 1.82) is 0 Å². The van der Waals surface area contributed by atoms with Crippen molar-refractivity contribution in [3.8, 4) is 5.75 Å². The van der Waals surface area contributed by atoms with Gasteiger partial charge in [0.1, 0.15) is 4.60 Å². The number of nitrogens with zero attached hydrogens (tertiary/aromatic N) is 1. The third kappa shape index (κ3) is 3.28. The number of anilines is 1. The van der Waals surface area contributed by atoms with E-state index < -0.39 is 0 Å². The average molecular weight is 339 g/mol. The van der Waals surface area contributed by atoms with E-state index in [1.54, 1.807) is 18.3 Å². The summed E-state index contributed by atoms with van der Waals surface area (Å²) in [6.45, 7) is 3.98. The highest BCUT2D eigenvalue weighted by atomic mass is 79.9. The van der Waals surface area contributed by atoms with Crippen LogP contribution in [-0.4, -0.2) is 12.1 Å². The quantitative estimate of drug-likeness (QED) is 0.835. The fraction of sp³-hybridized carbons (Fsp3) is 0.267. The Morgan fingerprint density at radius 2 is 2.10 bits per heavy atom. The lowest BCUT2D eigenvalue weighted by Crippen LogP contribution is -2.07. The van der Waals surface area contributed by atoms with E-state index in [1.165, 1.54) is 13.2 Å². The molecule has 0 spiro atoms. The van der Waals surface area contributed by atoms with Gasteiger partial charge in [0, 0.05) is 6.04 Å². The Hall–Kier alpha value is -1.62. The largest absolute Gasteiger partial charge is 0.494 e. The number of benzene rings is 1. The Morgan fingerprint density at radius 3 is 2.75 bits per heavy atom. The Balaban J connectivity index is 2.19. The topological polar surface area (TPSA) is 34.1 Å². The molecule has 1 aromatic carbocycles. The number of hydrogen-bond donors (Lipinski definition) is 1. The van der Waals surface area contributed by atoms with Crippen LogP contribution in [0.25, 0.3) is 0 Å². The summed E-state index contributed by atoms with van der Waals surface area (Å²) in [6, 6.07) is 6.89. The van der Waals surface area contributed by atoms with Crippen LogP contribution in [0.1, 0.15) is 24.1 Å². The second-order valence-electron chi connectivity index (χ2n) is 4.59. The first-order chi connectivity index (χ1) is 9.51. The minimum atomic E-state index is -0.357. The molecule has 1 atom stereocenters. The Bertz CT molecular complexity index is 619. The Kier molecular flexibility index (Phi) is 4.60. The number of pyridine rings is 1. The second kappa shape index (κ2) is 6.22. The maximum atomic E-state index is 13.4. The maximum Gasteiger partial charge on any atom is 0.165 e. The minimum absolute atomic E-state index is 0.0203. The molecule has 1 aromatic heterocycles. The molecule has 2 rings (SSSR count). The summed E-state index contributed by atoms with van der Waals surface area (Å²) in [4.78, 5) is 4.24. The van der Waals surface area contributed by atoms with Crippen LogP contribution in [-0.2, 0) is 0 Å². The van der Waals surface area contributed by atoms with Crippen LogP contribution in [0, 0.1) is 12.7 Å². The SMILES string of the molecule is COc1cc(C(C)Nc2cnc(Br)c(C)c2)ccc1F. The van der Waals surface area contributed by atoms with Gasteiger partial charge in [-0.3, -0.25) is 0 Å². The molecule has 0 bridgehead atoms. The fourth-order valence-corrected chi connectivity index (χ4v) is 2.13. The molecule has 1 N–H and O–H groups in total. The molecule has 20 heavy (non-hydrogen) atoms. The molecule has 0 radical (unpaired) electrons. The molecular formula is C15H16BrFN2O. The lowest BCUT2D eigenvalue weighted by atomic mass is 10.1. The summed E-state index contributed by atoms with van der Waals surface area (Å²) in [5.41, 5.74) is 2.92. The van der Waals surface area contributed by atoms with Gasteiger partial charge in [-0.25, -0.2) is 9.37 Å².